The van der Waals surface area contributed by atoms with Crippen molar-refractivity contribution in [1.82, 2.24) is 9.21 Å². The molecule has 1 saturated heterocycles. The topological polar surface area (TPSA) is 23.6 Å². The normalized spacial score (nSPS) is 21.2. The zero-order chi connectivity index (χ0) is 8.97. The van der Waals surface area contributed by atoms with Crippen LogP contribution in [-0.2, 0) is 0 Å². The molecule has 0 saturated carbocycles. The SMILES string of the molecule is CCN1CCN(SC(=O)S)CC1. The fourth-order valence-corrected chi connectivity index (χ4v) is 2.16. The number of carbonyl (C=O) groups excluding carboxylic acids is 1. The van der Waals surface area contributed by atoms with Crippen molar-refractivity contribution in [2.45, 2.75) is 6.92 Å². The Balaban J connectivity index is 2.21. The van der Waals surface area contributed by atoms with E-state index in [1.165, 1.54) is 11.9 Å². The van der Waals surface area contributed by atoms with Crippen LogP contribution in [-0.4, -0.2) is 46.4 Å². The number of likely N-dealkylation sites (N-methyl/N-ethyl adjacent to an activating group) is 1. The molecular weight excluding hydrogens is 192 g/mol. The van der Waals surface area contributed by atoms with Crippen molar-refractivity contribution >= 4 is 29.0 Å². The summed E-state index contributed by atoms with van der Waals surface area (Å²) in [7, 11) is 0. The van der Waals surface area contributed by atoms with Gasteiger partial charge in [0, 0.05) is 38.1 Å². The molecule has 1 aliphatic rings. The number of hydrogen-bond acceptors (Lipinski definition) is 4. The minimum Gasteiger partial charge on any atom is -0.301 e. The second kappa shape index (κ2) is 5.11. The van der Waals surface area contributed by atoms with E-state index < -0.39 is 0 Å². The van der Waals surface area contributed by atoms with Gasteiger partial charge in [-0.15, -0.1) is 0 Å². The predicted molar refractivity (Wildman–Crippen MR) is 55.7 cm³/mol. The summed E-state index contributed by atoms with van der Waals surface area (Å²) in [5.74, 6) is 0. The fraction of sp³-hybridized carbons (Fsp3) is 0.857. The Labute approximate surface area is 83.0 Å². The monoisotopic (exact) mass is 206 g/mol. The molecule has 1 heterocycles. The number of thiol groups is 1. The van der Waals surface area contributed by atoms with Crippen molar-refractivity contribution < 1.29 is 4.79 Å². The Morgan fingerprint density at radius 3 is 2.42 bits per heavy atom. The van der Waals surface area contributed by atoms with Crippen LogP contribution in [0.4, 0.5) is 4.79 Å². The first-order valence-electron chi connectivity index (χ1n) is 4.10. The van der Waals surface area contributed by atoms with Gasteiger partial charge in [0.05, 0.1) is 0 Å². The molecule has 1 aliphatic heterocycles. The molecule has 0 spiro atoms. The third-order valence-electron chi connectivity index (χ3n) is 1.99. The summed E-state index contributed by atoms with van der Waals surface area (Å²) in [6.07, 6.45) is 0. The highest BCUT2D eigenvalue weighted by atomic mass is 32.2. The molecule has 70 valence electrons. The van der Waals surface area contributed by atoms with Gasteiger partial charge in [-0.1, -0.05) is 19.6 Å². The van der Waals surface area contributed by atoms with E-state index in [0.29, 0.717) is 0 Å². The molecule has 3 nitrogen and oxygen atoms in total. The molecule has 0 N–H and O–H groups in total. The maximum absolute atomic E-state index is 10.6. The van der Waals surface area contributed by atoms with Gasteiger partial charge in [-0.2, -0.15) is 0 Å². The molecule has 0 unspecified atom stereocenters. The molecule has 5 heteroatoms. The van der Waals surface area contributed by atoms with Crippen LogP contribution in [0.3, 0.4) is 0 Å². The zero-order valence-corrected chi connectivity index (χ0v) is 8.90. The van der Waals surface area contributed by atoms with E-state index in [1.807, 2.05) is 0 Å². The highest BCUT2D eigenvalue weighted by Gasteiger charge is 2.16. The highest BCUT2D eigenvalue weighted by Crippen LogP contribution is 2.16. The molecule has 0 amide bonds. The summed E-state index contributed by atoms with van der Waals surface area (Å²) >= 11 is 4.94. The average molecular weight is 206 g/mol. The lowest BCUT2D eigenvalue weighted by molar-refractivity contribution is 0.205. The third kappa shape index (κ3) is 3.35. The second-order valence-electron chi connectivity index (χ2n) is 2.72. The van der Waals surface area contributed by atoms with Crippen LogP contribution < -0.4 is 0 Å². The summed E-state index contributed by atoms with van der Waals surface area (Å²) in [5, 5.41) is 0. The number of piperazine rings is 1. The van der Waals surface area contributed by atoms with Gasteiger partial charge in [-0.3, -0.25) is 4.79 Å². The number of hydrogen-bond donors (Lipinski definition) is 1. The Morgan fingerprint density at radius 1 is 1.42 bits per heavy atom. The Kier molecular flexibility index (Phi) is 4.42. The van der Waals surface area contributed by atoms with E-state index in [-0.39, 0.29) is 4.45 Å². The molecule has 1 fully saturated rings. The lowest BCUT2D eigenvalue weighted by atomic mass is 10.4. The Hall–Kier alpha value is 0.290. The van der Waals surface area contributed by atoms with Gasteiger partial charge in [0.1, 0.15) is 0 Å². The summed E-state index contributed by atoms with van der Waals surface area (Å²) in [6.45, 7) is 7.31. The standard InChI is InChI=1S/C7H14N2OS2/c1-2-8-3-5-9(6-4-8)12-7(10)11/h2-6H2,1H3,(H,10,11). The van der Waals surface area contributed by atoms with E-state index in [4.69, 9.17) is 0 Å². The molecule has 1 rings (SSSR count). The summed E-state index contributed by atoms with van der Waals surface area (Å²) in [5.41, 5.74) is 0. The van der Waals surface area contributed by atoms with Crippen molar-refractivity contribution in [2.24, 2.45) is 0 Å². The van der Waals surface area contributed by atoms with Crippen LogP contribution in [0.5, 0.6) is 0 Å². The first-order valence-corrected chi connectivity index (χ1v) is 5.32. The third-order valence-corrected chi connectivity index (χ3v) is 3.01. The van der Waals surface area contributed by atoms with E-state index in [9.17, 15) is 4.79 Å². The van der Waals surface area contributed by atoms with E-state index >= 15 is 0 Å². The Bertz CT molecular complexity index is 157. The highest BCUT2D eigenvalue weighted by molar-refractivity contribution is 8.30. The van der Waals surface area contributed by atoms with Gasteiger partial charge in [0.2, 0.25) is 0 Å². The van der Waals surface area contributed by atoms with Gasteiger partial charge in [-0.25, -0.2) is 4.31 Å². The molecule has 0 aromatic rings. The maximum Gasteiger partial charge on any atom is 0.258 e. The van der Waals surface area contributed by atoms with Crippen molar-refractivity contribution in [3.63, 3.8) is 0 Å². The van der Waals surface area contributed by atoms with E-state index in [1.54, 1.807) is 0 Å². The number of rotatable bonds is 2. The molecule has 12 heavy (non-hydrogen) atoms. The lowest BCUT2D eigenvalue weighted by Crippen LogP contribution is -2.43. The number of carbonyl (C=O) groups is 1. The molecule has 0 aromatic carbocycles. The van der Waals surface area contributed by atoms with Crippen LogP contribution in [0.1, 0.15) is 6.92 Å². The van der Waals surface area contributed by atoms with Crippen molar-refractivity contribution in [1.29, 1.82) is 0 Å². The summed E-state index contributed by atoms with van der Waals surface area (Å²) in [6, 6.07) is 0. The predicted octanol–water partition coefficient (Wildman–Crippen LogP) is 1.32. The second-order valence-corrected chi connectivity index (χ2v) is 4.50. The minimum atomic E-state index is -0.111. The van der Waals surface area contributed by atoms with Crippen molar-refractivity contribution in [3.05, 3.63) is 0 Å². The minimum absolute atomic E-state index is 0.111. The van der Waals surface area contributed by atoms with Gasteiger partial charge in [0.25, 0.3) is 4.45 Å². The fourth-order valence-electron chi connectivity index (χ4n) is 1.25. The van der Waals surface area contributed by atoms with E-state index in [2.05, 4.69) is 28.8 Å². The molecular formula is C7H14N2OS2. The van der Waals surface area contributed by atoms with Crippen LogP contribution >= 0.6 is 24.6 Å². The lowest BCUT2D eigenvalue weighted by Gasteiger charge is -2.32. The largest absolute Gasteiger partial charge is 0.301 e. The zero-order valence-electron chi connectivity index (χ0n) is 7.19. The smallest absolute Gasteiger partial charge is 0.258 e. The van der Waals surface area contributed by atoms with Crippen LogP contribution in [0, 0.1) is 0 Å². The summed E-state index contributed by atoms with van der Waals surface area (Å²) < 4.78 is 1.96. The molecule has 0 bridgehead atoms. The Morgan fingerprint density at radius 2 is 2.00 bits per heavy atom. The molecule has 0 aromatic heterocycles. The first kappa shape index (κ1) is 10.4. The number of nitrogens with zero attached hydrogens (tertiary/aromatic N) is 2. The maximum atomic E-state index is 10.6. The average Bonchev–Trinajstić information content (AvgIpc) is 2.05. The van der Waals surface area contributed by atoms with Crippen LogP contribution in [0.2, 0.25) is 0 Å². The van der Waals surface area contributed by atoms with E-state index in [0.717, 1.165) is 32.7 Å². The van der Waals surface area contributed by atoms with Gasteiger partial charge in [-0.05, 0) is 6.54 Å². The van der Waals surface area contributed by atoms with Crippen molar-refractivity contribution in [2.75, 3.05) is 32.7 Å². The van der Waals surface area contributed by atoms with Gasteiger partial charge in [0.15, 0.2) is 0 Å². The molecule has 0 atom stereocenters. The quantitative estimate of drug-likeness (QED) is 0.544. The summed E-state index contributed by atoms with van der Waals surface area (Å²) in [4.78, 5) is 13.0. The molecule has 0 radical (unpaired) electrons. The first-order chi connectivity index (χ1) is 5.72. The van der Waals surface area contributed by atoms with Gasteiger partial charge < -0.3 is 4.90 Å². The molecule has 0 aliphatic carbocycles. The van der Waals surface area contributed by atoms with Crippen LogP contribution in [0.25, 0.3) is 0 Å². The van der Waals surface area contributed by atoms with Crippen molar-refractivity contribution in [3.8, 4) is 0 Å². The van der Waals surface area contributed by atoms with Gasteiger partial charge >= 0.3 is 0 Å². The van der Waals surface area contributed by atoms with Crippen LogP contribution in [0.15, 0.2) is 0 Å².